The van der Waals surface area contributed by atoms with E-state index in [1.807, 2.05) is 12.1 Å². The van der Waals surface area contributed by atoms with Gasteiger partial charge in [0.1, 0.15) is 0 Å². The number of amides is 1. The second-order valence-corrected chi connectivity index (χ2v) is 6.26. The summed E-state index contributed by atoms with van der Waals surface area (Å²) in [7, 11) is 0. The van der Waals surface area contributed by atoms with E-state index in [1.54, 1.807) is 19.1 Å². The normalized spacial score (nSPS) is 11.7. The number of hydrogen-bond donors (Lipinski definition) is 1. The maximum Gasteiger partial charge on any atom is 0.340 e. The fourth-order valence-corrected chi connectivity index (χ4v) is 2.84. The number of benzene rings is 2. The van der Waals surface area contributed by atoms with Gasteiger partial charge >= 0.3 is 5.97 Å². The molecule has 0 aromatic heterocycles. The van der Waals surface area contributed by atoms with Crippen molar-refractivity contribution in [1.29, 1.82) is 0 Å². The Morgan fingerprint density at radius 3 is 2.46 bits per heavy atom. The second-order valence-electron chi connectivity index (χ2n) is 5.01. The summed E-state index contributed by atoms with van der Waals surface area (Å²) >= 11 is 17.8. The molecule has 4 nitrogen and oxygen atoms in total. The Morgan fingerprint density at radius 2 is 1.79 bits per heavy atom. The van der Waals surface area contributed by atoms with Gasteiger partial charge in [-0.1, -0.05) is 53.0 Å². The molecule has 126 valence electrons. The van der Waals surface area contributed by atoms with Gasteiger partial charge < -0.3 is 10.1 Å². The van der Waals surface area contributed by atoms with Gasteiger partial charge in [0.15, 0.2) is 6.61 Å². The third kappa shape index (κ3) is 4.87. The molecular weight excluding hydrogens is 373 g/mol. The number of rotatable bonds is 5. The van der Waals surface area contributed by atoms with Crippen LogP contribution in [0.15, 0.2) is 42.5 Å². The lowest BCUT2D eigenvalue weighted by atomic mass is 10.1. The molecule has 0 unspecified atom stereocenters. The van der Waals surface area contributed by atoms with Gasteiger partial charge in [-0.3, -0.25) is 4.79 Å². The molecule has 0 saturated heterocycles. The Kier molecular flexibility index (Phi) is 6.49. The van der Waals surface area contributed by atoms with Crippen LogP contribution in [0.2, 0.25) is 15.1 Å². The van der Waals surface area contributed by atoms with Gasteiger partial charge in [0.05, 0.1) is 16.6 Å². The van der Waals surface area contributed by atoms with Gasteiger partial charge in [-0.25, -0.2) is 4.79 Å². The number of ether oxygens (including phenoxy) is 1. The molecule has 24 heavy (non-hydrogen) atoms. The number of nitrogens with one attached hydrogen (secondary N) is 1. The van der Waals surface area contributed by atoms with Crippen LogP contribution in [0.25, 0.3) is 0 Å². The van der Waals surface area contributed by atoms with E-state index in [0.29, 0.717) is 10.0 Å². The van der Waals surface area contributed by atoms with E-state index < -0.39 is 18.5 Å². The zero-order valence-corrected chi connectivity index (χ0v) is 15.0. The van der Waals surface area contributed by atoms with E-state index in [2.05, 4.69) is 5.32 Å². The highest BCUT2D eigenvalue weighted by Crippen LogP contribution is 2.23. The molecule has 0 spiro atoms. The summed E-state index contributed by atoms with van der Waals surface area (Å²) in [5.74, 6) is -1.14. The molecule has 1 N–H and O–H groups in total. The average molecular weight is 387 g/mol. The summed E-state index contributed by atoms with van der Waals surface area (Å²) in [5.41, 5.74) is 0.924. The zero-order valence-electron chi connectivity index (χ0n) is 12.7. The fraction of sp³-hybridized carbons (Fsp3) is 0.176. The molecule has 0 aliphatic rings. The van der Waals surface area contributed by atoms with E-state index in [0.717, 1.165) is 5.56 Å². The van der Waals surface area contributed by atoms with Crippen molar-refractivity contribution >= 4 is 46.7 Å². The molecule has 1 amide bonds. The van der Waals surface area contributed by atoms with Gasteiger partial charge in [-0.2, -0.15) is 0 Å². The molecular formula is C17H14Cl3NO3. The Bertz CT molecular complexity index is 764. The van der Waals surface area contributed by atoms with E-state index in [-0.39, 0.29) is 16.6 Å². The first-order valence-electron chi connectivity index (χ1n) is 7.04. The lowest BCUT2D eigenvalue weighted by molar-refractivity contribution is -0.124. The Hall–Kier alpha value is -1.75. The van der Waals surface area contributed by atoms with Gasteiger partial charge in [0.25, 0.3) is 5.91 Å². The molecule has 0 aliphatic carbocycles. The largest absolute Gasteiger partial charge is 0.452 e. The van der Waals surface area contributed by atoms with Gasteiger partial charge in [-0.15, -0.1) is 0 Å². The van der Waals surface area contributed by atoms with Crippen molar-refractivity contribution in [1.82, 2.24) is 5.32 Å². The molecule has 0 aliphatic heterocycles. The summed E-state index contributed by atoms with van der Waals surface area (Å²) < 4.78 is 4.97. The molecule has 2 rings (SSSR count). The maximum absolute atomic E-state index is 11.9. The fourth-order valence-electron chi connectivity index (χ4n) is 2.05. The van der Waals surface area contributed by atoms with Crippen LogP contribution in [-0.4, -0.2) is 18.5 Å². The van der Waals surface area contributed by atoms with E-state index >= 15 is 0 Å². The SMILES string of the molecule is C[C@H](NC(=O)COC(=O)c1ccc(Cl)cc1Cl)c1ccccc1Cl. The smallest absolute Gasteiger partial charge is 0.340 e. The average Bonchev–Trinajstić information content (AvgIpc) is 2.53. The van der Waals surface area contributed by atoms with Gasteiger partial charge in [0, 0.05) is 10.0 Å². The molecule has 0 saturated carbocycles. The summed E-state index contributed by atoms with van der Waals surface area (Å²) in [6.07, 6.45) is 0. The first kappa shape index (κ1) is 18.6. The van der Waals surface area contributed by atoms with Crippen molar-refractivity contribution in [3.63, 3.8) is 0 Å². The molecule has 0 fully saturated rings. The lowest BCUT2D eigenvalue weighted by Crippen LogP contribution is -2.31. The lowest BCUT2D eigenvalue weighted by Gasteiger charge is -2.15. The minimum atomic E-state index is -0.697. The van der Waals surface area contributed by atoms with Crippen molar-refractivity contribution in [2.75, 3.05) is 6.61 Å². The van der Waals surface area contributed by atoms with E-state index in [1.165, 1.54) is 18.2 Å². The first-order chi connectivity index (χ1) is 11.4. The number of hydrogen-bond acceptors (Lipinski definition) is 3. The van der Waals surface area contributed by atoms with Crippen molar-refractivity contribution in [3.8, 4) is 0 Å². The number of carbonyl (C=O) groups is 2. The second kappa shape index (κ2) is 8.38. The highest BCUT2D eigenvalue weighted by atomic mass is 35.5. The summed E-state index contributed by atoms with van der Waals surface area (Å²) in [4.78, 5) is 23.9. The highest BCUT2D eigenvalue weighted by molar-refractivity contribution is 6.36. The van der Waals surface area contributed by atoms with Crippen LogP contribution in [0, 0.1) is 0 Å². The predicted octanol–water partition coefficient (Wildman–Crippen LogP) is 4.68. The van der Waals surface area contributed by atoms with Gasteiger partial charge in [0.2, 0.25) is 0 Å². The van der Waals surface area contributed by atoms with Gasteiger partial charge in [-0.05, 0) is 36.8 Å². The van der Waals surface area contributed by atoms with E-state index in [4.69, 9.17) is 39.5 Å². The van der Waals surface area contributed by atoms with Crippen molar-refractivity contribution < 1.29 is 14.3 Å². The molecule has 0 radical (unpaired) electrons. The quantitative estimate of drug-likeness (QED) is 0.759. The molecule has 1 atom stereocenters. The minimum Gasteiger partial charge on any atom is -0.452 e. The van der Waals surface area contributed by atoms with Crippen LogP contribution in [0.3, 0.4) is 0 Å². The number of halogens is 3. The predicted molar refractivity (Wildman–Crippen MR) is 94.8 cm³/mol. The van der Waals surface area contributed by atoms with Crippen LogP contribution in [0.5, 0.6) is 0 Å². The van der Waals surface area contributed by atoms with Crippen LogP contribution >= 0.6 is 34.8 Å². The third-order valence-electron chi connectivity index (χ3n) is 3.23. The molecule has 0 bridgehead atoms. The number of esters is 1. The monoisotopic (exact) mass is 385 g/mol. The molecule has 7 heteroatoms. The first-order valence-corrected chi connectivity index (χ1v) is 8.18. The maximum atomic E-state index is 11.9. The Balaban J connectivity index is 1.91. The Labute approximate surface area is 154 Å². The zero-order chi connectivity index (χ0) is 17.7. The number of carbonyl (C=O) groups excluding carboxylic acids is 2. The van der Waals surface area contributed by atoms with Crippen LogP contribution in [0.1, 0.15) is 28.9 Å². The highest BCUT2D eigenvalue weighted by Gasteiger charge is 2.16. The summed E-state index contributed by atoms with van der Waals surface area (Å²) in [6, 6.07) is 11.3. The van der Waals surface area contributed by atoms with Crippen LogP contribution in [0.4, 0.5) is 0 Å². The molecule has 2 aromatic carbocycles. The van der Waals surface area contributed by atoms with Crippen molar-refractivity contribution in [2.24, 2.45) is 0 Å². The Morgan fingerprint density at radius 1 is 1.08 bits per heavy atom. The molecule has 2 aromatic rings. The van der Waals surface area contributed by atoms with Crippen LogP contribution < -0.4 is 5.32 Å². The third-order valence-corrected chi connectivity index (χ3v) is 4.13. The topological polar surface area (TPSA) is 55.4 Å². The minimum absolute atomic E-state index is 0.146. The molecule has 0 heterocycles. The van der Waals surface area contributed by atoms with Crippen molar-refractivity contribution in [2.45, 2.75) is 13.0 Å². The van der Waals surface area contributed by atoms with Crippen molar-refractivity contribution in [3.05, 3.63) is 68.7 Å². The standard InChI is InChI=1S/C17H14Cl3NO3/c1-10(12-4-2-3-5-14(12)19)21-16(22)9-24-17(23)13-7-6-11(18)8-15(13)20/h2-8,10H,9H2,1H3,(H,21,22)/t10-/m0/s1. The van der Waals surface area contributed by atoms with E-state index in [9.17, 15) is 9.59 Å². The summed E-state index contributed by atoms with van der Waals surface area (Å²) in [5, 5.41) is 3.83. The van der Waals surface area contributed by atoms with Crippen LogP contribution in [-0.2, 0) is 9.53 Å². The summed E-state index contributed by atoms with van der Waals surface area (Å²) in [6.45, 7) is 1.36.